The molecular formula is C18H20N4O7. The fourth-order valence-electron chi connectivity index (χ4n) is 3.37. The molecule has 2 aromatic rings. The van der Waals surface area contributed by atoms with Gasteiger partial charge in [-0.3, -0.25) is 5.32 Å². The van der Waals surface area contributed by atoms with E-state index < -0.39 is 24.3 Å². The smallest absolute Gasteiger partial charge is 0.412 e. The number of ether oxygens (including phenoxy) is 5. The van der Waals surface area contributed by atoms with Gasteiger partial charge in [0.25, 0.3) is 0 Å². The van der Waals surface area contributed by atoms with Crippen molar-refractivity contribution in [1.82, 2.24) is 15.0 Å². The normalized spacial score (nSPS) is 25.3. The molecule has 1 aromatic carbocycles. The van der Waals surface area contributed by atoms with Crippen LogP contribution in [0.3, 0.4) is 0 Å². The lowest BCUT2D eigenvalue weighted by Gasteiger charge is -2.17. The number of nitrogens with zero attached hydrogens (tertiary/aromatic N) is 3. The minimum atomic E-state index is -0.606. The van der Waals surface area contributed by atoms with Gasteiger partial charge >= 0.3 is 12.1 Å². The van der Waals surface area contributed by atoms with Crippen molar-refractivity contribution in [1.29, 1.82) is 0 Å². The Morgan fingerprint density at radius 2 is 1.90 bits per heavy atom. The second-order valence-electron chi connectivity index (χ2n) is 6.54. The molecule has 4 atom stereocenters. The molecule has 2 saturated heterocycles. The maximum Gasteiger partial charge on any atom is 0.412 e. The Bertz CT molecular complexity index is 885. The SMILES string of the molecule is COC(=O)c1cn(C2COC3C(OC(=O)Nc4ccc(OC)cc4)COC32)nn1. The van der Waals surface area contributed by atoms with Crippen molar-refractivity contribution in [2.75, 3.05) is 32.8 Å². The number of nitrogens with one attached hydrogen (secondary N) is 1. The molecule has 0 aliphatic carbocycles. The number of aromatic nitrogens is 3. The molecular weight excluding hydrogens is 384 g/mol. The molecule has 0 spiro atoms. The van der Waals surface area contributed by atoms with Crippen LogP contribution in [0, 0.1) is 0 Å². The zero-order valence-corrected chi connectivity index (χ0v) is 15.8. The summed E-state index contributed by atoms with van der Waals surface area (Å²) < 4.78 is 28.3. The van der Waals surface area contributed by atoms with Crippen LogP contribution in [0.25, 0.3) is 0 Å². The lowest BCUT2D eigenvalue weighted by atomic mass is 10.1. The maximum absolute atomic E-state index is 12.2. The summed E-state index contributed by atoms with van der Waals surface area (Å²) in [6.07, 6.45) is -0.499. The molecule has 1 amide bonds. The quantitative estimate of drug-likeness (QED) is 0.728. The minimum absolute atomic E-state index is 0.0978. The molecule has 4 unspecified atom stereocenters. The van der Waals surface area contributed by atoms with Crippen molar-refractivity contribution in [2.24, 2.45) is 0 Å². The Balaban J connectivity index is 1.35. The Kier molecular flexibility index (Phi) is 5.32. The van der Waals surface area contributed by atoms with E-state index in [1.165, 1.54) is 18.0 Å². The van der Waals surface area contributed by atoms with E-state index >= 15 is 0 Å². The van der Waals surface area contributed by atoms with Crippen LogP contribution < -0.4 is 10.1 Å². The van der Waals surface area contributed by atoms with Gasteiger partial charge in [0.2, 0.25) is 0 Å². The van der Waals surface area contributed by atoms with Crippen LogP contribution in [0.15, 0.2) is 30.5 Å². The van der Waals surface area contributed by atoms with Crippen LogP contribution in [0.1, 0.15) is 16.5 Å². The highest BCUT2D eigenvalue weighted by atomic mass is 16.6. The van der Waals surface area contributed by atoms with E-state index in [1.54, 1.807) is 31.4 Å². The largest absolute Gasteiger partial charge is 0.497 e. The summed E-state index contributed by atoms with van der Waals surface area (Å²) in [6, 6.07) is 6.59. The van der Waals surface area contributed by atoms with Crippen molar-refractivity contribution in [3.8, 4) is 5.75 Å². The summed E-state index contributed by atoms with van der Waals surface area (Å²) in [4.78, 5) is 23.8. The average molecular weight is 404 g/mol. The van der Waals surface area contributed by atoms with E-state index in [4.69, 9.17) is 18.9 Å². The predicted molar refractivity (Wildman–Crippen MR) is 96.8 cm³/mol. The Hall–Kier alpha value is -3.18. The van der Waals surface area contributed by atoms with Crippen LogP contribution >= 0.6 is 0 Å². The number of carbonyl (C=O) groups is 2. The van der Waals surface area contributed by atoms with Crippen molar-refractivity contribution < 1.29 is 33.3 Å². The second-order valence-corrected chi connectivity index (χ2v) is 6.54. The van der Waals surface area contributed by atoms with Gasteiger partial charge in [0.05, 0.1) is 33.6 Å². The molecule has 11 nitrogen and oxygen atoms in total. The van der Waals surface area contributed by atoms with E-state index in [0.29, 0.717) is 18.0 Å². The van der Waals surface area contributed by atoms with E-state index in [9.17, 15) is 9.59 Å². The topological polar surface area (TPSA) is 123 Å². The monoisotopic (exact) mass is 404 g/mol. The summed E-state index contributed by atoms with van der Waals surface area (Å²) in [6.45, 7) is 0.486. The maximum atomic E-state index is 12.2. The first kappa shape index (κ1) is 19.2. The zero-order valence-electron chi connectivity index (χ0n) is 15.8. The van der Waals surface area contributed by atoms with E-state index in [2.05, 4.69) is 20.4 Å². The van der Waals surface area contributed by atoms with Crippen molar-refractivity contribution in [2.45, 2.75) is 24.4 Å². The van der Waals surface area contributed by atoms with Crippen LogP contribution in [0.4, 0.5) is 10.5 Å². The number of carbonyl (C=O) groups excluding carboxylic acids is 2. The second kappa shape index (κ2) is 8.05. The summed E-state index contributed by atoms with van der Waals surface area (Å²) >= 11 is 0. The van der Waals surface area contributed by atoms with Gasteiger partial charge in [0.1, 0.15) is 24.0 Å². The third-order valence-corrected chi connectivity index (χ3v) is 4.82. The number of rotatable bonds is 5. The minimum Gasteiger partial charge on any atom is -0.497 e. The number of methoxy groups -OCH3 is 2. The Morgan fingerprint density at radius 3 is 2.62 bits per heavy atom. The molecule has 2 aliphatic heterocycles. The number of hydrogen-bond acceptors (Lipinski definition) is 9. The van der Waals surface area contributed by atoms with E-state index in [-0.39, 0.29) is 24.4 Å². The Morgan fingerprint density at radius 1 is 1.14 bits per heavy atom. The average Bonchev–Trinajstić information content (AvgIpc) is 3.45. The molecule has 29 heavy (non-hydrogen) atoms. The van der Waals surface area contributed by atoms with Crippen molar-refractivity contribution in [3.05, 3.63) is 36.2 Å². The molecule has 0 bridgehead atoms. The van der Waals surface area contributed by atoms with Gasteiger partial charge in [-0.25, -0.2) is 14.3 Å². The third-order valence-electron chi connectivity index (χ3n) is 4.82. The molecule has 154 valence electrons. The van der Waals surface area contributed by atoms with Crippen LogP contribution in [0.5, 0.6) is 5.75 Å². The van der Waals surface area contributed by atoms with Crippen LogP contribution in [-0.2, 0) is 18.9 Å². The predicted octanol–water partition coefficient (Wildman–Crippen LogP) is 1.03. The van der Waals surface area contributed by atoms with Gasteiger partial charge in [-0.1, -0.05) is 5.21 Å². The first-order valence-electron chi connectivity index (χ1n) is 8.94. The Labute approximate surface area is 165 Å². The molecule has 11 heteroatoms. The third kappa shape index (κ3) is 3.87. The standard InChI is InChI=1S/C18H20N4O7/c1-25-11-5-3-10(4-6-11)19-18(24)29-14-9-28-15-13(8-27-16(14)15)22-7-12(20-21-22)17(23)26-2/h3-7,13-16H,8-9H2,1-2H3,(H,19,24). The fraction of sp³-hybridized carbons (Fsp3) is 0.444. The summed E-state index contributed by atoms with van der Waals surface area (Å²) in [5.41, 5.74) is 0.676. The highest BCUT2D eigenvalue weighted by Crippen LogP contribution is 2.35. The first-order valence-corrected chi connectivity index (χ1v) is 8.94. The molecule has 1 N–H and O–H groups in total. The molecule has 0 radical (unpaired) electrons. The molecule has 2 aliphatic rings. The molecule has 3 heterocycles. The summed E-state index contributed by atoms with van der Waals surface area (Å²) in [7, 11) is 2.84. The number of hydrogen-bond donors (Lipinski definition) is 1. The fourth-order valence-corrected chi connectivity index (χ4v) is 3.37. The number of benzene rings is 1. The van der Waals surface area contributed by atoms with Gasteiger partial charge in [0, 0.05) is 5.69 Å². The van der Waals surface area contributed by atoms with E-state index in [0.717, 1.165) is 0 Å². The number of amides is 1. The molecule has 0 saturated carbocycles. The van der Waals surface area contributed by atoms with Gasteiger partial charge in [-0.15, -0.1) is 5.10 Å². The highest BCUT2D eigenvalue weighted by molar-refractivity contribution is 5.86. The lowest BCUT2D eigenvalue weighted by Crippen LogP contribution is -2.34. The number of anilines is 1. The highest BCUT2D eigenvalue weighted by Gasteiger charge is 2.50. The van der Waals surface area contributed by atoms with Crippen molar-refractivity contribution >= 4 is 17.7 Å². The zero-order chi connectivity index (χ0) is 20.4. The summed E-state index contributed by atoms with van der Waals surface area (Å²) in [5.74, 6) is 0.111. The molecule has 1 aromatic heterocycles. The summed E-state index contributed by atoms with van der Waals surface area (Å²) in [5, 5.41) is 10.4. The lowest BCUT2D eigenvalue weighted by molar-refractivity contribution is 0.00770. The number of fused-ring (bicyclic) bond motifs is 1. The first-order chi connectivity index (χ1) is 14.1. The molecule has 4 rings (SSSR count). The van der Waals surface area contributed by atoms with Gasteiger partial charge < -0.3 is 23.7 Å². The van der Waals surface area contributed by atoms with Crippen molar-refractivity contribution in [3.63, 3.8) is 0 Å². The van der Waals surface area contributed by atoms with Gasteiger partial charge in [-0.05, 0) is 24.3 Å². The van der Waals surface area contributed by atoms with Crippen LogP contribution in [-0.4, -0.2) is 72.8 Å². The molecule has 2 fully saturated rings. The van der Waals surface area contributed by atoms with Gasteiger partial charge in [-0.2, -0.15) is 0 Å². The number of esters is 1. The van der Waals surface area contributed by atoms with Gasteiger partial charge in [0.15, 0.2) is 11.8 Å². The van der Waals surface area contributed by atoms with E-state index in [1.807, 2.05) is 0 Å². The van der Waals surface area contributed by atoms with Crippen LogP contribution in [0.2, 0.25) is 0 Å².